The molecule has 0 atom stereocenters. The molecule has 4 aromatic rings. The predicted molar refractivity (Wildman–Crippen MR) is 95.3 cm³/mol. The van der Waals surface area contributed by atoms with Gasteiger partial charge in [0, 0.05) is 21.9 Å². The van der Waals surface area contributed by atoms with Crippen LogP contribution in [-0.4, -0.2) is 9.97 Å². The topological polar surface area (TPSA) is 25.8 Å². The first-order valence-electron chi connectivity index (χ1n) is 7.51. The van der Waals surface area contributed by atoms with Crippen molar-refractivity contribution in [3.05, 3.63) is 93.9 Å². The lowest BCUT2D eigenvalue weighted by atomic mass is 9.80. The summed E-state index contributed by atoms with van der Waals surface area (Å²) in [4.78, 5) is 9.69. The first-order valence-corrected chi connectivity index (χ1v) is 8.46. The van der Waals surface area contributed by atoms with Gasteiger partial charge in [-0.3, -0.25) is 0 Å². The van der Waals surface area contributed by atoms with Gasteiger partial charge in [-0.15, -0.1) is 11.3 Å². The van der Waals surface area contributed by atoms with Crippen molar-refractivity contribution in [2.45, 2.75) is 0 Å². The maximum atomic E-state index is 4.85. The molecule has 23 heavy (non-hydrogen) atoms. The Balaban J connectivity index is 1.81. The summed E-state index contributed by atoms with van der Waals surface area (Å²) in [7, 11) is 0. The number of benzene rings is 2. The van der Waals surface area contributed by atoms with E-state index in [1.165, 1.54) is 22.3 Å². The van der Waals surface area contributed by atoms with Crippen LogP contribution in [0.25, 0.3) is 22.2 Å². The SMILES string of the molecule is c1ccc(C2=C(c3ccccc3)c3nc4cscc4nc32)cc1. The molecule has 0 radical (unpaired) electrons. The Hall–Kier alpha value is -2.78. The normalized spacial score (nSPS) is 13.0. The molecule has 0 N–H and O–H groups in total. The quantitative estimate of drug-likeness (QED) is 0.458. The van der Waals surface area contributed by atoms with Crippen LogP contribution in [0.4, 0.5) is 0 Å². The van der Waals surface area contributed by atoms with Crippen molar-refractivity contribution in [2.75, 3.05) is 0 Å². The van der Waals surface area contributed by atoms with Gasteiger partial charge in [-0.2, -0.15) is 0 Å². The lowest BCUT2D eigenvalue weighted by Gasteiger charge is -2.26. The third-order valence-corrected chi connectivity index (χ3v) is 4.88. The third kappa shape index (κ3) is 1.87. The summed E-state index contributed by atoms with van der Waals surface area (Å²) in [6.45, 7) is 0. The maximum absolute atomic E-state index is 4.85. The van der Waals surface area contributed by atoms with E-state index >= 15 is 0 Å². The molecule has 2 heterocycles. The molecule has 3 heteroatoms. The molecule has 2 nitrogen and oxygen atoms in total. The molecule has 1 aliphatic carbocycles. The van der Waals surface area contributed by atoms with Crippen LogP contribution in [0.15, 0.2) is 71.4 Å². The standard InChI is InChI=1S/C20H12N2S/c1-3-7-13(8-4-1)17-18(14-9-5-2-6-10-14)20-19(17)21-15-11-23-12-16(15)22-20/h1-12H. The zero-order valence-electron chi connectivity index (χ0n) is 12.2. The highest BCUT2D eigenvalue weighted by molar-refractivity contribution is 7.09. The minimum absolute atomic E-state index is 0.981. The number of hydrogen-bond acceptors (Lipinski definition) is 3. The monoisotopic (exact) mass is 312 g/mol. The number of nitrogens with zero attached hydrogens (tertiary/aromatic N) is 2. The van der Waals surface area contributed by atoms with Crippen LogP contribution in [-0.2, 0) is 0 Å². The van der Waals surface area contributed by atoms with Gasteiger partial charge in [0.25, 0.3) is 0 Å². The Morgan fingerprint density at radius 2 is 1.00 bits per heavy atom. The van der Waals surface area contributed by atoms with Crippen LogP contribution in [0.1, 0.15) is 22.5 Å². The predicted octanol–water partition coefficient (Wildman–Crippen LogP) is 5.01. The molecule has 108 valence electrons. The van der Waals surface area contributed by atoms with Gasteiger partial charge in [-0.1, -0.05) is 60.7 Å². The molecule has 0 aliphatic heterocycles. The summed E-state index contributed by atoms with van der Waals surface area (Å²) in [6.07, 6.45) is 0. The second-order valence-corrected chi connectivity index (χ2v) is 6.29. The van der Waals surface area contributed by atoms with Gasteiger partial charge in [0.2, 0.25) is 0 Å². The second-order valence-electron chi connectivity index (χ2n) is 5.55. The first-order chi connectivity index (χ1) is 11.4. The van der Waals surface area contributed by atoms with Crippen LogP contribution in [0, 0.1) is 0 Å². The van der Waals surface area contributed by atoms with Crippen molar-refractivity contribution in [1.82, 2.24) is 9.97 Å². The molecular formula is C20H12N2S. The van der Waals surface area contributed by atoms with Crippen molar-refractivity contribution >= 4 is 33.5 Å². The number of hydrogen-bond donors (Lipinski definition) is 0. The van der Waals surface area contributed by atoms with Gasteiger partial charge in [0.15, 0.2) is 0 Å². The lowest BCUT2D eigenvalue weighted by molar-refractivity contribution is 1.18. The van der Waals surface area contributed by atoms with E-state index in [4.69, 9.17) is 9.97 Å². The van der Waals surface area contributed by atoms with Gasteiger partial charge in [-0.25, -0.2) is 9.97 Å². The van der Waals surface area contributed by atoms with Crippen LogP contribution < -0.4 is 0 Å². The second kappa shape index (κ2) is 4.86. The highest BCUT2D eigenvalue weighted by Gasteiger charge is 2.31. The fraction of sp³-hybridized carbons (Fsp3) is 0. The molecule has 0 spiro atoms. The summed E-state index contributed by atoms with van der Waals surface area (Å²) in [5, 5.41) is 4.12. The van der Waals surface area contributed by atoms with Crippen molar-refractivity contribution in [3.63, 3.8) is 0 Å². The zero-order valence-corrected chi connectivity index (χ0v) is 13.0. The average Bonchev–Trinajstić information content (AvgIpc) is 3.05. The fourth-order valence-corrected chi connectivity index (χ4v) is 3.77. The van der Waals surface area contributed by atoms with Gasteiger partial charge >= 0.3 is 0 Å². The van der Waals surface area contributed by atoms with E-state index in [0.29, 0.717) is 0 Å². The van der Waals surface area contributed by atoms with E-state index < -0.39 is 0 Å². The minimum Gasteiger partial charge on any atom is -0.243 e. The summed E-state index contributed by atoms with van der Waals surface area (Å²) >= 11 is 1.65. The molecule has 0 saturated heterocycles. The van der Waals surface area contributed by atoms with Crippen molar-refractivity contribution in [3.8, 4) is 0 Å². The lowest BCUT2D eigenvalue weighted by Crippen LogP contribution is -2.13. The number of aromatic nitrogens is 2. The highest BCUT2D eigenvalue weighted by Crippen LogP contribution is 2.46. The summed E-state index contributed by atoms with van der Waals surface area (Å²) in [5.41, 5.74) is 8.79. The van der Waals surface area contributed by atoms with Crippen LogP contribution in [0.2, 0.25) is 0 Å². The molecular weight excluding hydrogens is 300 g/mol. The minimum atomic E-state index is 0.981. The Bertz CT molecular complexity index is 963. The maximum Gasteiger partial charge on any atom is 0.100 e. The fourth-order valence-electron chi connectivity index (χ4n) is 3.09. The molecule has 0 unspecified atom stereocenters. The summed E-state index contributed by atoms with van der Waals surface area (Å²) < 4.78 is 0. The van der Waals surface area contributed by atoms with E-state index in [1.807, 2.05) is 12.1 Å². The zero-order chi connectivity index (χ0) is 15.2. The Labute approximate surface area is 137 Å². The van der Waals surface area contributed by atoms with E-state index in [9.17, 15) is 0 Å². The van der Waals surface area contributed by atoms with Gasteiger partial charge in [0.1, 0.15) is 11.0 Å². The van der Waals surface area contributed by atoms with Crippen LogP contribution in [0.5, 0.6) is 0 Å². The van der Waals surface area contributed by atoms with E-state index in [0.717, 1.165) is 22.4 Å². The molecule has 0 fully saturated rings. The first kappa shape index (κ1) is 12.7. The number of thiophene rings is 1. The largest absolute Gasteiger partial charge is 0.243 e. The summed E-state index contributed by atoms with van der Waals surface area (Å²) in [5.74, 6) is 0. The highest BCUT2D eigenvalue weighted by atomic mass is 32.1. The number of rotatable bonds is 2. The molecule has 2 aromatic heterocycles. The van der Waals surface area contributed by atoms with Crippen LogP contribution in [0.3, 0.4) is 0 Å². The molecule has 2 aromatic carbocycles. The van der Waals surface area contributed by atoms with E-state index in [1.54, 1.807) is 11.3 Å². The molecule has 1 aliphatic rings. The third-order valence-electron chi connectivity index (χ3n) is 4.16. The van der Waals surface area contributed by atoms with Gasteiger partial charge in [0.05, 0.1) is 11.4 Å². The number of fused-ring (bicyclic) bond motifs is 2. The summed E-state index contributed by atoms with van der Waals surface area (Å²) in [6, 6.07) is 20.9. The van der Waals surface area contributed by atoms with Crippen molar-refractivity contribution in [2.24, 2.45) is 0 Å². The average molecular weight is 312 g/mol. The molecule has 0 amide bonds. The molecule has 0 bridgehead atoms. The molecule has 0 saturated carbocycles. The van der Waals surface area contributed by atoms with Gasteiger partial charge < -0.3 is 0 Å². The van der Waals surface area contributed by atoms with E-state index in [-0.39, 0.29) is 0 Å². The van der Waals surface area contributed by atoms with E-state index in [2.05, 4.69) is 59.3 Å². The van der Waals surface area contributed by atoms with Gasteiger partial charge in [-0.05, 0) is 11.1 Å². The van der Waals surface area contributed by atoms with Crippen molar-refractivity contribution < 1.29 is 0 Å². The van der Waals surface area contributed by atoms with Crippen molar-refractivity contribution in [1.29, 1.82) is 0 Å². The Morgan fingerprint density at radius 1 is 0.565 bits per heavy atom. The van der Waals surface area contributed by atoms with Crippen LogP contribution >= 0.6 is 11.3 Å². The Kier molecular flexibility index (Phi) is 2.69. The Morgan fingerprint density at radius 3 is 1.43 bits per heavy atom. The smallest absolute Gasteiger partial charge is 0.100 e. The molecule has 5 rings (SSSR count).